The molecule has 0 atom stereocenters. The molecule has 184 valence electrons. The summed E-state index contributed by atoms with van der Waals surface area (Å²) in [5.41, 5.74) is 5.35. The Kier molecular flexibility index (Phi) is 7.28. The largest absolute Gasteiger partial charge is 0.312 e. The number of piperidine rings is 1. The number of nitrogens with zero attached hydrogens (tertiary/aromatic N) is 3. The van der Waals surface area contributed by atoms with Crippen molar-refractivity contribution in [2.75, 3.05) is 29.4 Å². The fourth-order valence-corrected chi connectivity index (χ4v) is 5.37. The van der Waals surface area contributed by atoms with Crippen LogP contribution in [0.5, 0.6) is 0 Å². The molecule has 0 radical (unpaired) electrons. The third-order valence-corrected chi connectivity index (χ3v) is 7.24. The van der Waals surface area contributed by atoms with Gasteiger partial charge in [0.15, 0.2) is 0 Å². The molecule has 3 aromatic carbocycles. The molecular formula is C31H33N3O2. The van der Waals surface area contributed by atoms with Crippen molar-refractivity contribution in [1.29, 1.82) is 0 Å². The summed E-state index contributed by atoms with van der Waals surface area (Å²) >= 11 is 0. The highest BCUT2D eigenvalue weighted by molar-refractivity contribution is 6.04. The minimum absolute atomic E-state index is 0.00161. The Morgan fingerprint density at radius 2 is 1.61 bits per heavy atom. The van der Waals surface area contributed by atoms with Crippen molar-refractivity contribution in [3.63, 3.8) is 0 Å². The Morgan fingerprint density at radius 1 is 0.917 bits per heavy atom. The summed E-state index contributed by atoms with van der Waals surface area (Å²) in [6.07, 6.45) is 6.26. The summed E-state index contributed by atoms with van der Waals surface area (Å²) in [6, 6.07) is 26.8. The molecule has 5 nitrogen and oxygen atoms in total. The van der Waals surface area contributed by atoms with E-state index in [1.54, 1.807) is 13.0 Å². The number of fused-ring (bicyclic) bond motifs is 1. The van der Waals surface area contributed by atoms with E-state index in [2.05, 4.69) is 41.3 Å². The first-order valence-electron chi connectivity index (χ1n) is 12.8. The predicted molar refractivity (Wildman–Crippen MR) is 146 cm³/mol. The molecule has 0 spiro atoms. The SMILES string of the molecule is CC(=O)N1CCc2cc(N(C(=O)C=Cc3ccccc3)C3CCN(Cc4ccccc4)CC3)ccc21. The molecule has 0 aliphatic carbocycles. The van der Waals surface area contributed by atoms with E-state index in [1.165, 1.54) is 5.56 Å². The normalized spacial score (nSPS) is 16.3. The van der Waals surface area contributed by atoms with Gasteiger partial charge in [-0.2, -0.15) is 0 Å². The van der Waals surface area contributed by atoms with Crippen LogP contribution >= 0.6 is 0 Å². The summed E-state index contributed by atoms with van der Waals surface area (Å²) < 4.78 is 0. The Bertz CT molecular complexity index is 1230. The van der Waals surface area contributed by atoms with Gasteiger partial charge in [-0.3, -0.25) is 14.5 Å². The van der Waals surface area contributed by atoms with Crippen LogP contribution in [0.4, 0.5) is 11.4 Å². The highest BCUT2D eigenvalue weighted by atomic mass is 16.2. The molecule has 2 amide bonds. The second-order valence-corrected chi connectivity index (χ2v) is 9.68. The summed E-state index contributed by atoms with van der Waals surface area (Å²) in [4.78, 5) is 31.9. The molecule has 0 bridgehead atoms. The van der Waals surface area contributed by atoms with Crippen molar-refractivity contribution in [3.05, 3.63) is 102 Å². The lowest BCUT2D eigenvalue weighted by molar-refractivity contribution is -0.116. The lowest BCUT2D eigenvalue weighted by Gasteiger charge is -2.38. The highest BCUT2D eigenvalue weighted by Gasteiger charge is 2.30. The van der Waals surface area contributed by atoms with Crippen LogP contribution < -0.4 is 9.80 Å². The van der Waals surface area contributed by atoms with Gasteiger partial charge >= 0.3 is 0 Å². The molecule has 2 aliphatic heterocycles. The second-order valence-electron chi connectivity index (χ2n) is 9.68. The molecule has 2 heterocycles. The van der Waals surface area contributed by atoms with Crippen molar-refractivity contribution in [2.24, 2.45) is 0 Å². The van der Waals surface area contributed by atoms with Gasteiger partial charge < -0.3 is 9.80 Å². The van der Waals surface area contributed by atoms with E-state index in [1.807, 2.05) is 58.3 Å². The van der Waals surface area contributed by atoms with Gasteiger partial charge in [-0.1, -0.05) is 60.7 Å². The van der Waals surface area contributed by atoms with Crippen LogP contribution in [0.3, 0.4) is 0 Å². The average molecular weight is 480 g/mol. The molecule has 5 rings (SSSR count). The fourth-order valence-electron chi connectivity index (χ4n) is 5.37. The average Bonchev–Trinajstić information content (AvgIpc) is 3.34. The zero-order valence-electron chi connectivity index (χ0n) is 20.8. The van der Waals surface area contributed by atoms with Gasteiger partial charge in [0.2, 0.25) is 5.91 Å². The lowest BCUT2D eigenvalue weighted by Crippen LogP contribution is -2.47. The molecule has 1 saturated heterocycles. The molecule has 0 unspecified atom stereocenters. The fraction of sp³-hybridized carbons (Fsp3) is 0.290. The number of anilines is 2. The van der Waals surface area contributed by atoms with E-state index in [-0.39, 0.29) is 17.9 Å². The maximum absolute atomic E-state index is 13.6. The summed E-state index contributed by atoms with van der Waals surface area (Å²) in [6.45, 7) is 5.16. The van der Waals surface area contributed by atoms with Crippen LogP contribution in [0.1, 0.15) is 36.5 Å². The van der Waals surface area contributed by atoms with Gasteiger partial charge in [-0.05, 0) is 60.2 Å². The standard InChI is InChI=1S/C31H33N3O2/c1-24(35)33-21-16-27-22-29(13-14-30(27)33)34(31(36)15-12-25-8-4-2-5-9-25)28-17-19-32(20-18-28)23-26-10-6-3-7-11-26/h2-15,22,28H,16-21,23H2,1H3. The van der Waals surface area contributed by atoms with Gasteiger partial charge in [-0.25, -0.2) is 0 Å². The topological polar surface area (TPSA) is 43.9 Å². The smallest absolute Gasteiger partial charge is 0.251 e. The number of hydrogen-bond acceptors (Lipinski definition) is 3. The van der Waals surface area contributed by atoms with Gasteiger partial charge in [-0.15, -0.1) is 0 Å². The molecule has 3 aromatic rings. The first kappa shape index (κ1) is 24.0. The molecular weight excluding hydrogens is 446 g/mol. The Balaban J connectivity index is 1.37. The van der Waals surface area contributed by atoms with Crippen LogP contribution in [-0.2, 0) is 22.6 Å². The Hall–Kier alpha value is -3.70. The van der Waals surface area contributed by atoms with Crippen LogP contribution in [-0.4, -0.2) is 42.4 Å². The number of hydrogen-bond donors (Lipinski definition) is 0. The summed E-state index contributed by atoms with van der Waals surface area (Å²) in [7, 11) is 0. The van der Waals surface area contributed by atoms with E-state index in [0.717, 1.165) is 61.4 Å². The van der Waals surface area contributed by atoms with E-state index >= 15 is 0 Å². The molecule has 0 saturated carbocycles. The van der Waals surface area contributed by atoms with E-state index in [0.29, 0.717) is 6.54 Å². The number of amides is 2. The van der Waals surface area contributed by atoms with Crippen molar-refractivity contribution in [3.8, 4) is 0 Å². The van der Waals surface area contributed by atoms with E-state index < -0.39 is 0 Å². The highest BCUT2D eigenvalue weighted by Crippen LogP contribution is 2.34. The zero-order chi connectivity index (χ0) is 24.9. The molecule has 5 heteroatoms. The van der Waals surface area contributed by atoms with Crippen molar-refractivity contribution >= 4 is 29.3 Å². The van der Waals surface area contributed by atoms with E-state index in [9.17, 15) is 9.59 Å². The van der Waals surface area contributed by atoms with Crippen molar-refractivity contribution in [1.82, 2.24) is 4.90 Å². The quantitative estimate of drug-likeness (QED) is 0.450. The molecule has 1 fully saturated rings. The van der Waals surface area contributed by atoms with Gasteiger partial charge in [0.05, 0.1) is 0 Å². The van der Waals surface area contributed by atoms with Crippen LogP contribution in [0.15, 0.2) is 84.9 Å². The van der Waals surface area contributed by atoms with E-state index in [4.69, 9.17) is 0 Å². The third-order valence-electron chi connectivity index (χ3n) is 7.24. The number of likely N-dealkylation sites (tertiary alicyclic amines) is 1. The number of carbonyl (C=O) groups is 2. The van der Waals surface area contributed by atoms with Crippen molar-refractivity contribution in [2.45, 2.75) is 38.8 Å². The maximum atomic E-state index is 13.6. The van der Waals surface area contributed by atoms with Gasteiger partial charge in [0.1, 0.15) is 0 Å². The summed E-state index contributed by atoms with van der Waals surface area (Å²) in [5.74, 6) is 0.0627. The Morgan fingerprint density at radius 3 is 2.31 bits per heavy atom. The van der Waals surface area contributed by atoms with Gasteiger partial charge in [0.25, 0.3) is 5.91 Å². The van der Waals surface area contributed by atoms with Crippen molar-refractivity contribution < 1.29 is 9.59 Å². The minimum Gasteiger partial charge on any atom is -0.312 e. The number of carbonyl (C=O) groups excluding carboxylic acids is 2. The zero-order valence-corrected chi connectivity index (χ0v) is 20.8. The number of rotatable bonds is 6. The summed E-state index contributed by atoms with van der Waals surface area (Å²) in [5, 5.41) is 0. The molecule has 2 aliphatic rings. The second kappa shape index (κ2) is 10.9. The molecule has 0 N–H and O–H groups in total. The minimum atomic E-state index is 0.00161. The Labute approximate surface area is 213 Å². The predicted octanol–water partition coefficient (Wildman–Crippen LogP) is 5.31. The first-order chi connectivity index (χ1) is 17.6. The van der Waals surface area contributed by atoms with Crippen LogP contribution in [0.25, 0.3) is 6.08 Å². The lowest BCUT2D eigenvalue weighted by atomic mass is 10.00. The molecule has 36 heavy (non-hydrogen) atoms. The van der Waals surface area contributed by atoms with Gasteiger partial charge in [0, 0.05) is 56.6 Å². The van der Waals surface area contributed by atoms with Crippen LogP contribution in [0, 0.1) is 0 Å². The number of benzene rings is 3. The maximum Gasteiger partial charge on any atom is 0.251 e. The van der Waals surface area contributed by atoms with Crippen LogP contribution in [0.2, 0.25) is 0 Å². The monoisotopic (exact) mass is 479 g/mol. The first-order valence-corrected chi connectivity index (χ1v) is 12.8. The third kappa shape index (κ3) is 5.42. The molecule has 0 aromatic heterocycles.